The molecule has 7 nitrogen and oxygen atoms in total. The standard InChI is InChI=1S/C21H27FN2O5S/c1-7-12-24(30(27,28)17-10-8-16(22)9-11-17)15(4)20(25)18-13(2)19(21(26)29-6)23(5)14(18)3/h8-11,15H,7,12H2,1-6H3. The second-order valence-electron chi connectivity index (χ2n) is 7.09. The maximum absolute atomic E-state index is 13.4. The van der Waals surface area contributed by atoms with Crippen molar-refractivity contribution in [2.75, 3.05) is 13.7 Å². The average molecular weight is 439 g/mol. The van der Waals surface area contributed by atoms with E-state index in [0.717, 1.165) is 16.4 Å². The van der Waals surface area contributed by atoms with Crippen LogP contribution in [0.1, 0.15) is 52.4 Å². The topological polar surface area (TPSA) is 85.7 Å². The van der Waals surface area contributed by atoms with Gasteiger partial charge in [-0.15, -0.1) is 0 Å². The fourth-order valence-electron chi connectivity index (χ4n) is 3.55. The van der Waals surface area contributed by atoms with E-state index >= 15 is 0 Å². The lowest BCUT2D eigenvalue weighted by Crippen LogP contribution is -2.44. The van der Waals surface area contributed by atoms with E-state index in [-0.39, 0.29) is 17.1 Å². The van der Waals surface area contributed by atoms with E-state index in [1.54, 1.807) is 32.4 Å². The molecule has 2 aromatic rings. The van der Waals surface area contributed by atoms with Crippen molar-refractivity contribution in [2.24, 2.45) is 7.05 Å². The van der Waals surface area contributed by atoms with Crippen LogP contribution in [0.5, 0.6) is 0 Å². The van der Waals surface area contributed by atoms with E-state index in [9.17, 15) is 22.4 Å². The lowest BCUT2D eigenvalue weighted by atomic mass is 10.0. The van der Waals surface area contributed by atoms with Gasteiger partial charge in [-0.05, 0) is 57.0 Å². The zero-order valence-corrected chi connectivity index (χ0v) is 18.8. The van der Waals surface area contributed by atoms with Crippen molar-refractivity contribution >= 4 is 21.8 Å². The van der Waals surface area contributed by atoms with Crippen molar-refractivity contribution < 1.29 is 27.1 Å². The number of carbonyl (C=O) groups excluding carboxylic acids is 2. The van der Waals surface area contributed by atoms with Crippen LogP contribution in [-0.2, 0) is 21.8 Å². The molecule has 0 radical (unpaired) electrons. The smallest absolute Gasteiger partial charge is 0.354 e. The van der Waals surface area contributed by atoms with E-state index in [1.165, 1.54) is 26.2 Å². The molecule has 0 spiro atoms. The minimum absolute atomic E-state index is 0.0891. The summed E-state index contributed by atoms with van der Waals surface area (Å²) >= 11 is 0. The summed E-state index contributed by atoms with van der Waals surface area (Å²) in [5.41, 5.74) is 1.52. The van der Waals surface area contributed by atoms with Gasteiger partial charge in [0.05, 0.1) is 18.0 Å². The van der Waals surface area contributed by atoms with Gasteiger partial charge in [-0.2, -0.15) is 4.31 Å². The minimum Gasteiger partial charge on any atom is -0.464 e. The molecular formula is C21H27FN2O5S. The maximum Gasteiger partial charge on any atom is 0.354 e. The van der Waals surface area contributed by atoms with E-state index in [0.29, 0.717) is 23.2 Å². The maximum atomic E-state index is 13.4. The minimum atomic E-state index is -4.03. The number of sulfonamides is 1. The van der Waals surface area contributed by atoms with Crippen LogP contribution in [0.2, 0.25) is 0 Å². The Balaban J connectivity index is 2.53. The molecule has 0 saturated heterocycles. The number of aromatic nitrogens is 1. The summed E-state index contributed by atoms with van der Waals surface area (Å²) < 4.78 is 47.1. The summed E-state index contributed by atoms with van der Waals surface area (Å²) in [4.78, 5) is 25.4. The molecule has 0 N–H and O–H groups in total. The number of esters is 1. The molecule has 30 heavy (non-hydrogen) atoms. The van der Waals surface area contributed by atoms with Gasteiger partial charge < -0.3 is 9.30 Å². The molecule has 0 fully saturated rings. The number of Topliss-reactive ketones (excluding diaryl/α,β-unsaturated/α-hetero) is 1. The highest BCUT2D eigenvalue weighted by molar-refractivity contribution is 7.89. The number of rotatable bonds is 8. The molecule has 1 atom stereocenters. The molecule has 0 aliphatic carbocycles. The van der Waals surface area contributed by atoms with Gasteiger partial charge in [0, 0.05) is 24.8 Å². The quantitative estimate of drug-likeness (QED) is 0.467. The Morgan fingerprint density at radius 3 is 2.27 bits per heavy atom. The van der Waals surface area contributed by atoms with E-state index < -0.39 is 33.6 Å². The number of methoxy groups -OCH3 is 1. The van der Waals surface area contributed by atoms with Gasteiger partial charge in [0.2, 0.25) is 10.0 Å². The SMILES string of the molecule is CCCN(C(C)C(=O)c1c(C)c(C(=O)OC)n(C)c1C)S(=O)(=O)c1ccc(F)cc1. The second kappa shape index (κ2) is 9.09. The van der Waals surface area contributed by atoms with Gasteiger partial charge in [-0.1, -0.05) is 6.92 Å². The summed E-state index contributed by atoms with van der Waals surface area (Å²) in [7, 11) is -1.13. The highest BCUT2D eigenvalue weighted by atomic mass is 32.2. The molecule has 164 valence electrons. The van der Waals surface area contributed by atoms with Crippen molar-refractivity contribution in [3.8, 4) is 0 Å². The van der Waals surface area contributed by atoms with E-state index in [4.69, 9.17) is 4.74 Å². The first-order valence-electron chi connectivity index (χ1n) is 9.54. The van der Waals surface area contributed by atoms with Crippen molar-refractivity contribution in [3.63, 3.8) is 0 Å². The number of nitrogens with zero attached hydrogens (tertiary/aromatic N) is 2. The largest absolute Gasteiger partial charge is 0.464 e. The number of carbonyl (C=O) groups is 2. The highest BCUT2D eigenvalue weighted by Gasteiger charge is 2.36. The zero-order valence-electron chi connectivity index (χ0n) is 18.0. The predicted octanol–water partition coefficient (Wildman–Crippen LogP) is 3.24. The fourth-order valence-corrected chi connectivity index (χ4v) is 5.24. The molecule has 9 heteroatoms. The number of hydrogen-bond acceptors (Lipinski definition) is 5. The Kier molecular flexibility index (Phi) is 7.20. The van der Waals surface area contributed by atoms with Crippen molar-refractivity contribution in [1.29, 1.82) is 0 Å². The monoisotopic (exact) mass is 438 g/mol. The molecule has 0 amide bonds. The van der Waals surface area contributed by atoms with Crippen molar-refractivity contribution in [1.82, 2.24) is 8.87 Å². The summed E-state index contributed by atoms with van der Waals surface area (Å²) in [6.07, 6.45) is 0.484. The van der Waals surface area contributed by atoms with Crippen LogP contribution in [0, 0.1) is 19.7 Å². The molecule has 1 aromatic carbocycles. The highest BCUT2D eigenvalue weighted by Crippen LogP contribution is 2.27. The Bertz CT molecular complexity index is 1060. The average Bonchev–Trinajstić information content (AvgIpc) is 2.93. The van der Waals surface area contributed by atoms with E-state index in [1.807, 2.05) is 0 Å². The Morgan fingerprint density at radius 1 is 1.20 bits per heavy atom. The molecule has 1 unspecified atom stereocenters. The number of halogens is 1. The Morgan fingerprint density at radius 2 is 1.77 bits per heavy atom. The zero-order chi connectivity index (χ0) is 22.8. The van der Waals surface area contributed by atoms with Crippen LogP contribution in [0.3, 0.4) is 0 Å². The van der Waals surface area contributed by atoms with Crippen LogP contribution in [0.4, 0.5) is 4.39 Å². The van der Waals surface area contributed by atoms with Crippen molar-refractivity contribution in [2.45, 2.75) is 45.1 Å². The molecule has 0 bridgehead atoms. The van der Waals surface area contributed by atoms with E-state index in [2.05, 4.69) is 0 Å². The van der Waals surface area contributed by atoms with Gasteiger partial charge in [-0.25, -0.2) is 17.6 Å². The number of hydrogen-bond donors (Lipinski definition) is 0. The lowest BCUT2D eigenvalue weighted by molar-refractivity contribution is 0.0588. The first kappa shape index (κ1) is 23.8. The number of benzene rings is 1. The summed E-state index contributed by atoms with van der Waals surface area (Å²) in [6, 6.07) is 3.47. The first-order valence-corrected chi connectivity index (χ1v) is 11.0. The third kappa shape index (κ3) is 4.17. The van der Waals surface area contributed by atoms with Gasteiger partial charge in [0.15, 0.2) is 5.78 Å². The molecular weight excluding hydrogens is 411 g/mol. The molecule has 0 aliphatic heterocycles. The Hall–Kier alpha value is -2.52. The van der Waals surface area contributed by atoms with Crippen LogP contribution in [0.25, 0.3) is 0 Å². The van der Waals surface area contributed by atoms with Gasteiger partial charge >= 0.3 is 5.97 Å². The normalized spacial score (nSPS) is 12.8. The van der Waals surface area contributed by atoms with Crippen molar-refractivity contribution in [3.05, 3.63) is 52.6 Å². The summed E-state index contributed by atoms with van der Waals surface area (Å²) in [5, 5.41) is 0. The fraction of sp³-hybridized carbons (Fsp3) is 0.429. The van der Waals surface area contributed by atoms with Gasteiger partial charge in [0.1, 0.15) is 11.5 Å². The lowest BCUT2D eigenvalue weighted by Gasteiger charge is -2.27. The molecule has 1 heterocycles. The summed E-state index contributed by atoms with van der Waals surface area (Å²) in [5.74, 6) is -1.55. The third-order valence-corrected chi connectivity index (χ3v) is 7.22. The first-order chi connectivity index (χ1) is 14.0. The number of ether oxygens (including phenoxy) is 1. The second-order valence-corrected chi connectivity index (χ2v) is 8.99. The summed E-state index contributed by atoms with van der Waals surface area (Å²) in [6.45, 7) is 6.76. The Labute approximate surface area is 176 Å². The van der Waals surface area contributed by atoms with Gasteiger partial charge in [0.25, 0.3) is 0 Å². The molecule has 0 aliphatic rings. The van der Waals surface area contributed by atoms with Gasteiger partial charge in [-0.3, -0.25) is 4.79 Å². The number of ketones is 1. The van der Waals surface area contributed by atoms with Crippen LogP contribution in [0.15, 0.2) is 29.2 Å². The molecule has 1 aromatic heterocycles. The third-order valence-electron chi connectivity index (χ3n) is 5.23. The van der Waals surface area contributed by atoms with Crippen LogP contribution >= 0.6 is 0 Å². The molecule has 2 rings (SSSR count). The van der Waals surface area contributed by atoms with Crippen LogP contribution < -0.4 is 0 Å². The predicted molar refractivity (Wildman–Crippen MR) is 111 cm³/mol. The molecule has 0 saturated carbocycles. The van der Waals surface area contributed by atoms with Crippen LogP contribution in [-0.4, -0.2) is 48.7 Å².